The fourth-order valence-corrected chi connectivity index (χ4v) is 1.87. The molecule has 17 heavy (non-hydrogen) atoms. The van der Waals surface area contributed by atoms with Gasteiger partial charge in [-0.3, -0.25) is 9.69 Å². The fourth-order valence-electron chi connectivity index (χ4n) is 1.87. The minimum Gasteiger partial charge on any atom is -0.382 e. The number of amides is 1. The Balaban J connectivity index is 2.03. The van der Waals surface area contributed by atoms with Crippen LogP contribution in [0.5, 0.6) is 0 Å². The highest BCUT2D eigenvalue weighted by Crippen LogP contribution is 1.94. The van der Waals surface area contributed by atoms with Crippen molar-refractivity contribution in [1.82, 2.24) is 15.5 Å². The van der Waals surface area contributed by atoms with Crippen molar-refractivity contribution in [2.75, 3.05) is 52.5 Å². The summed E-state index contributed by atoms with van der Waals surface area (Å²) < 4.78 is 5.21. The van der Waals surface area contributed by atoms with Gasteiger partial charge < -0.3 is 15.4 Å². The van der Waals surface area contributed by atoms with Crippen LogP contribution in [0.1, 0.15) is 19.8 Å². The number of ether oxygens (including phenoxy) is 1. The zero-order chi connectivity index (χ0) is 12.3. The summed E-state index contributed by atoms with van der Waals surface area (Å²) in [6.45, 7) is 8.71. The lowest BCUT2D eigenvalue weighted by molar-refractivity contribution is -0.122. The van der Waals surface area contributed by atoms with Gasteiger partial charge in [0.2, 0.25) is 5.91 Å². The monoisotopic (exact) mass is 243 g/mol. The first-order chi connectivity index (χ1) is 8.33. The van der Waals surface area contributed by atoms with E-state index in [2.05, 4.69) is 15.5 Å². The van der Waals surface area contributed by atoms with Crippen LogP contribution >= 0.6 is 0 Å². The molecule has 2 N–H and O–H groups in total. The minimum atomic E-state index is 0.128. The molecule has 5 heteroatoms. The zero-order valence-corrected chi connectivity index (χ0v) is 10.8. The van der Waals surface area contributed by atoms with E-state index in [1.807, 2.05) is 6.92 Å². The Hall–Kier alpha value is -0.650. The quantitative estimate of drug-likeness (QED) is 0.609. The molecule has 0 bridgehead atoms. The summed E-state index contributed by atoms with van der Waals surface area (Å²) in [6, 6.07) is 0. The minimum absolute atomic E-state index is 0.128. The van der Waals surface area contributed by atoms with Gasteiger partial charge in [0.25, 0.3) is 0 Å². The van der Waals surface area contributed by atoms with E-state index >= 15 is 0 Å². The third-order valence-electron chi connectivity index (χ3n) is 2.79. The maximum absolute atomic E-state index is 11.6. The highest BCUT2D eigenvalue weighted by Gasteiger charge is 2.11. The first kappa shape index (κ1) is 14.4. The standard InChI is InChI=1S/C12H25N3O2/c1-2-17-10-4-6-14-12(16)11-15-8-3-5-13-7-9-15/h13H,2-11H2,1H3,(H,14,16). The van der Waals surface area contributed by atoms with E-state index in [1.165, 1.54) is 0 Å². The first-order valence-corrected chi connectivity index (χ1v) is 6.60. The van der Waals surface area contributed by atoms with Gasteiger partial charge in [0, 0.05) is 32.8 Å². The lowest BCUT2D eigenvalue weighted by Crippen LogP contribution is -2.39. The number of hydrogen-bond donors (Lipinski definition) is 2. The van der Waals surface area contributed by atoms with E-state index in [0.29, 0.717) is 13.1 Å². The normalized spacial score (nSPS) is 17.7. The number of rotatable bonds is 7. The van der Waals surface area contributed by atoms with Crippen LogP contribution in [0.3, 0.4) is 0 Å². The molecule has 5 nitrogen and oxygen atoms in total. The van der Waals surface area contributed by atoms with E-state index in [-0.39, 0.29) is 5.91 Å². The average Bonchev–Trinajstić information content (AvgIpc) is 2.57. The summed E-state index contributed by atoms with van der Waals surface area (Å²) in [5, 5.41) is 6.26. The number of carbonyl (C=O) groups is 1. The van der Waals surface area contributed by atoms with Gasteiger partial charge in [-0.15, -0.1) is 0 Å². The van der Waals surface area contributed by atoms with E-state index in [0.717, 1.165) is 52.2 Å². The molecule has 0 spiro atoms. The maximum atomic E-state index is 11.6. The predicted octanol–water partition coefficient (Wildman–Crippen LogP) is -0.175. The molecule has 1 saturated heterocycles. The smallest absolute Gasteiger partial charge is 0.234 e. The highest BCUT2D eigenvalue weighted by molar-refractivity contribution is 5.77. The molecule has 1 aliphatic heterocycles. The van der Waals surface area contributed by atoms with Crippen LogP contribution in [-0.4, -0.2) is 63.3 Å². The van der Waals surface area contributed by atoms with Gasteiger partial charge in [0.15, 0.2) is 0 Å². The first-order valence-electron chi connectivity index (χ1n) is 6.60. The van der Waals surface area contributed by atoms with Crippen molar-refractivity contribution >= 4 is 5.91 Å². The molecule has 0 saturated carbocycles. The van der Waals surface area contributed by atoms with Gasteiger partial charge in [-0.25, -0.2) is 0 Å². The molecule has 0 atom stereocenters. The van der Waals surface area contributed by atoms with E-state index in [9.17, 15) is 4.79 Å². The number of carbonyl (C=O) groups excluding carboxylic acids is 1. The zero-order valence-electron chi connectivity index (χ0n) is 10.8. The summed E-state index contributed by atoms with van der Waals surface area (Å²) in [5.74, 6) is 0.128. The van der Waals surface area contributed by atoms with Gasteiger partial charge in [-0.1, -0.05) is 0 Å². The molecular formula is C12H25N3O2. The third kappa shape index (κ3) is 7.31. The van der Waals surface area contributed by atoms with Crippen LogP contribution < -0.4 is 10.6 Å². The molecule has 1 heterocycles. The molecule has 0 aromatic carbocycles. The summed E-state index contributed by atoms with van der Waals surface area (Å²) in [6.07, 6.45) is 2.01. The fraction of sp³-hybridized carbons (Fsp3) is 0.917. The Labute approximate surface area is 104 Å². The van der Waals surface area contributed by atoms with E-state index in [4.69, 9.17) is 4.74 Å². The topological polar surface area (TPSA) is 53.6 Å². The van der Waals surface area contributed by atoms with Crippen molar-refractivity contribution in [1.29, 1.82) is 0 Å². The molecule has 1 amide bonds. The van der Waals surface area contributed by atoms with Crippen LogP contribution in [0, 0.1) is 0 Å². The average molecular weight is 243 g/mol. The van der Waals surface area contributed by atoms with Crippen LogP contribution in [0.2, 0.25) is 0 Å². The lowest BCUT2D eigenvalue weighted by atomic mass is 10.3. The largest absolute Gasteiger partial charge is 0.382 e. The molecule has 0 aromatic heterocycles. The van der Waals surface area contributed by atoms with Crippen LogP contribution in [-0.2, 0) is 9.53 Å². The Bertz CT molecular complexity index is 204. The second-order valence-electron chi connectivity index (χ2n) is 4.28. The van der Waals surface area contributed by atoms with Crippen molar-refractivity contribution in [2.24, 2.45) is 0 Å². The Morgan fingerprint density at radius 1 is 1.41 bits per heavy atom. The van der Waals surface area contributed by atoms with Crippen LogP contribution in [0.15, 0.2) is 0 Å². The summed E-state index contributed by atoms with van der Waals surface area (Å²) >= 11 is 0. The van der Waals surface area contributed by atoms with Crippen molar-refractivity contribution in [3.05, 3.63) is 0 Å². The number of nitrogens with zero attached hydrogens (tertiary/aromatic N) is 1. The summed E-state index contributed by atoms with van der Waals surface area (Å²) in [4.78, 5) is 13.8. The van der Waals surface area contributed by atoms with Crippen molar-refractivity contribution in [3.63, 3.8) is 0 Å². The van der Waals surface area contributed by atoms with Crippen molar-refractivity contribution < 1.29 is 9.53 Å². The second-order valence-corrected chi connectivity index (χ2v) is 4.28. The van der Waals surface area contributed by atoms with Gasteiger partial charge in [-0.2, -0.15) is 0 Å². The summed E-state index contributed by atoms with van der Waals surface area (Å²) in [7, 11) is 0. The Morgan fingerprint density at radius 2 is 2.29 bits per heavy atom. The molecule has 100 valence electrons. The SMILES string of the molecule is CCOCCCNC(=O)CN1CCCNCC1. The molecule has 0 radical (unpaired) electrons. The van der Waals surface area contributed by atoms with Gasteiger partial charge in [-0.05, 0) is 32.9 Å². The van der Waals surface area contributed by atoms with Crippen molar-refractivity contribution in [3.8, 4) is 0 Å². The van der Waals surface area contributed by atoms with E-state index in [1.54, 1.807) is 0 Å². The molecule has 1 fully saturated rings. The van der Waals surface area contributed by atoms with Gasteiger partial charge in [0.05, 0.1) is 6.54 Å². The third-order valence-corrected chi connectivity index (χ3v) is 2.79. The molecule has 1 rings (SSSR count). The van der Waals surface area contributed by atoms with E-state index < -0.39 is 0 Å². The number of hydrogen-bond acceptors (Lipinski definition) is 4. The summed E-state index contributed by atoms with van der Waals surface area (Å²) in [5.41, 5.74) is 0. The second kappa shape index (κ2) is 9.39. The highest BCUT2D eigenvalue weighted by atomic mass is 16.5. The molecule has 0 aliphatic carbocycles. The predicted molar refractivity (Wildman–Crippen MR) is 68.0 cm³/mol. The number of nitrogens with one attached hydrogen (secondary N) is 2. The van der Waals surface area contributed by atoms with Crippen molar-refractivity contribution in [2.45, 2.75) is 19.8 Å². The van der Waals surface area contributed by atoms with Crippen LogP contribution in [0.4, 0.5) is 0 Å². The molecule has 0 aromatic rings. The van der Waals surface area contributed by atoms with Gasteiger partial charge in [0.1, 0.15) is 0 Å². The maximum Gasteiger partial charge on any atom is 0.234 e. The van der Waals surface area contributed by atoms with Gasteiger partial charge >= 0.3 is 0 Å². The molecule has 1 aliphatic rings. The molecular weight excluding hydrogens is 218 g/mol. The lowest BCUT2D eigenvalue weighted by Gasteiger charge is -2.18. The Morgan fingerprint density at radius 3 is 3.12 bits per heavy atom. The van der Waals surface area contributed by atoms with Crippen LogP contribution in [0.25, 0.3) is 0 Å². The molecule has 0 unspecified atom stereocenters. The Kier molecular flexibility index (Phi) is 7.96.